The van der Waals surface area contributed by atoms with Crippen molar-refractivity contribution in [3.63, 3.8) is 0 Å². The topological polar surface area (TPSA) is 55.6 Å². The van der Waals surface area contributed by atoms with Crippen LogP contribution in [-0.4, -0.2) is 25.8 Å². The summed E-state index contributed by atoms with van der Waals surface area (Å²) in [6.07, 6.45) is 9.98. The van der Waals surface area contributed by atoms with Crippen molar-refractivity contribution in [2.75, 3.05) is 5.32 Å². The molecule has 3 rings (SSSR count). The first-order chi connectivity index (χ1) is 9.72. The molecule has 1 N–H and O–H groups in total. The van der Waals surface area contributed by atoms with Crippen LogP contribution in [0.25, 0.3) is 5.82 Å². The summed E-state index contributed by atoms with van der Waals surface area (Å²) >= 11 is 0. The molecule has 0 aromatic carbocycles. The fourth-order valence-corrected chi connectivity index (χ4v) is 2.84. The average molecular weight is 271 g/mol. The van der Waals surface area contributed by atoms with Crippen molar-refractivity contribution in [3.8, 4) is 5.82 Å². The minimum absolute atomic E-state index is 0.536. The third kappa shape index (κ3) is 2.81. The minimum Gasteiger partial charge on any atom is -0.366 e. The quantitative estimate of drug-likeness (QED) is 0.932. The van der Waals surface area contributed by atoms with Gasteiger partial charge in [-0.25, -0.2) is 9.67 Å². The summed E-state index contributed by atoms with van der Waals surface area (Å²) < 4.78 is 1.84. The van der Waals surface area contributed by atoms with Crippen LogP contribution in [0.1, 0.15) is 43.5 Å². The number of rotatable bonds is 3. The van der Waals surface area contributed by atoms with Crippen molar-refractivity contribution >= 4 is 5.82 Å². The number of aromatic nitrogens is 4. The maximum atomic E-state index is 4.64. The van der Waals surface area contributed by atoms with E-state index in [1.54, 1.807) is 12.4 Å². The third-order valence-electron chi connectivity index (χ3n) is 3.81. The van der Waals surface area contributed by atoms with Gasteiger partial charge in [-0.1, -0.05) is 19.3 Å². The van der Waals surface area contributed by atoms with Crippen molar-refractivity contribution in [2.45, 2.75) is 52.0 Å². The molecule has 2 heterocycles. The molecular formula is C15H21N5. The largest absolute Gasteiger partial charge is 0.366 e. The van der Waals surface area contributed by atoms with Crippen LogP contribution in [0, 0.1) is 13.8 Å². The predicted molar refractivity (Wildman–Crippen MR) is 79.1 cm³/mol. The Hall–Kier alpha value is -1.91. The van der Waals surface area contributed by atoms with E-state index in [2.05, 4.69) is 20.4 Å². The molecule has 0 atom stereocenters. The smallest absolute Gasteiger partial charge is 0.174 e. The second kappa shape index (κ2) is 5.61. The molecule has 1 aliphatic carbocycles. The van der Waals surface area contributed by atoms with Crippen molar-refractivity contribution in [2.24, 2.45) is 0 Å². The number of aryl methyl sites for hydroxylation is 2. The van der Waals surface area contributed by atoms with E-state index in [1.807, 2.05) is 24.6 Å². The number of anilines is 1. The van der Waals surface area contributed by atoms with Gasteiger partial charge in [0, 0.05) is 11.7 Å². The molecule has 106 valence electrons. The van der Waals surface area contributed by atoms with E-state index in [0.717, 1.165) is 23.0 Å². The van der Waals surface area contributed by atoms with Crippen LogP contribution < -0.4 is 5.32 Å². The van der Waals surface area contributed by atoms with E-state index in [-0.39, 0.29) is 0 Å². The lowest BCUT2D eigenvalue weighted by molar-refractivity contribution is 0.461. The number of nitrogens with one attached hydrogen (secondary N) is 1. The van der Waals surface area contributed by atoms with E-state index in [0.29, 0.717) is 6.04 Å². The first kappa shape index (κ1) is 13.1. The monoisotopic (exact) mass is 271 g/mol. The molecule has 5 nitrogen and oxygen atoms in total. The zero-order valence-corrected chi connectivity index (χ0v) is 12.1. The van der Waals surface area contributed by atoms with Gasteiger partial charge < -0.3 is 5.32 Å². The number of hydrogen-bond donors (Lipinski definition) is 1. The van der Waals surface area contributed by atoms with Gasteiger partial charge in [0.1, 0.15) is 5.82 Å². The Morgan fingerprint density at radius 2 is 1.95 bits per heavy atom. The summed E-state index contributed by atoms with van der Waals surface area (Å²) in [6.45, 7) is 4.02. The fourth-order valence-electron chi connectivity index (χ4n) is 2.84. The highest BCUT2D eigenvalue weighted by Gasteiger charge is 2.14. The van der Waals surface area contributed by atoms with Crippen molar-refractivity contribution < 1.29 is 0 Å². The van der Waals surface area contributed by atoms with Crippen LogP contribution >= 0.6 is 0 Å². The number of nitrogens with zero attached hydrogens (tertiary/aromatic N) is 4. The van der Waals surface area contributed by atoms with Gasteiger partial charge in [-0.15, -0.1) is 0 Å². The Kier molecular flexibility index (Phi) is 3.67. The molecule has 20 heavy (non-hydrogen) atoms. The molecule has 0 saturated heterocycles. The second-order valence-electron chi connectivity index (χ2n) is 5.58. The van der Waals surface area contributed by atoms with E-state index < -0.39 is 0 Å². The van der Waals surface area contributed by atoms with Crippen LogP contribution in [0.5, 0.6) is 0 Å². The first-order valence-corrected chi connectivity index (χ1v) is 7.34. The normalized spacial score (nSPS) is 16.3. The third-order valence-corrected chi connectivity index (χ3v) is 3.81. The van der Waals surface area contributed by atoms with Crippen LogP contribution in [-0.2, 0) is 0 Å². The lowest BCUT2D eigenvalue weighted by Gasteiger charge is -2.23. The second-order valence-corrected chi connectivity index (χ2v) is 5.58. The van der Waals surface area contributed by atoms with E-state index in [4.69, 9.17) is 0 Å². The standard InChI is InChI=1S/C15H21N5/c1-11-8-12(2)20(19-11)15-10-16-9-14(18-15)17-13-6-4-3-5-7-13/h8-10,13H,3-7H2,1-2H3,(H,17,18). The van der Waals surface area contributed by atoms with Crippen molar-refractivity contribution in [3.05, 3.63) is 29.8 Å². The molecule has 0 aliphatic heterocycles. The van der Waals surface area contributed by atoms with Crippen molar-refractivity contribution in [1.29, 1.82) is 0 Å². The van der Waals surface area contributed by atoms with E-state index in [9.17, 15) is 0 Å². The molecule has 1 aliphatic rings. The number of hydrogen-bond acceptors (Lipinski definition) is 4. The molecule has 0 radical (unpaired) electrons. The van der Waals surface area contributed by atoms with Gasteiger partial charge in [0.05, 0.1) is 18.1 Å². The predicted octanol–water partition coefficient (Wildman–Crippen LogP) is 3.02. The zero-order valence-electron chi connectivity index (χ0n) is 12.1. The summed E-state index contributed by atoms with van der Waals surface area (Å²) in [5.41, 5.74) is 2.07. The van der Waals surface area contributed by atoms with Gasteiger partial charge in [0.25, 0.3) is 0 Å². The van der Waals surface area contributed by atoms with Gasteiger partial charge in [0.15, 0.2) is 5.82 Å². The maximum absolute atomic E-state index is 4.64. The Bertz CT molecular complexity index is 584. The summed E-state index contributed by atoms with van der Waals surface area (Å²) in [6, 6.07) is 2.58. The lowest BCUT2D eigenvalue weighted by atomic mass is 9.96. The fraction of sp³-hybridized carbons (Fsp3) is 0.533. The van der Waals surface area contributed by atoms with Crippen molar-refractivity contribution in [1.82, 2.24) is 19.7 Å². The highest BCUT2D eigenvalue weighted by Crippen LogP contribution is 2.21. The van der Waals surface area contributed by atoms with Gasteiger partial charge in [0.2, 0.25) is 0 Å². The molecule has 1 saturated carbocycles. The Morgan fingerprint density at radius 3 is 2.65 bits per heavy atom. The molecule has 0 amide bonds. The highest BCUT2D eigenvalue weighted by molar-refractivity contribution is 5.37. The van der Waals surface area contributed by atoms with Gasteiger partial charge in [-0.2, -0.15) is 5.10 Å². The maximum Gasteiger partial charge on any atom is 0.174 e. The molecule has 0 unspecified atom stereocenters. The van der Waals surface area contributed by atoms with E-state index in [1.165, 1.54) is 32.1 Å². The lowest BCUT2D eigenvalue weighted by Crippen LogP contribution is -2.23. The van der Waals surface area contributed by atoms with E-state index >= 15 is 0 Å². The molecule has 0 bridgehead atoms. The molecular weight excluding hydrogens is 250 g/mol. The molecule has 2 aromatic heterocycles. The summed E-state index contributed by atoms with van der Waals surface area (Å²) in [5, 5.41) is 7.96. The SMILES string of the molecule is Cc1cc(C)n(-c2cncc(NC3CCCCC3)n2)n1. The summed E-state index contributed by atoms with van der Waals surface area (Å²) in [7, 11) is 0. The summed E-state index contributed by atoms with van der Waals surface area (Å²) in [4.78, 5) is 8.93. The Morgan fingerprint density at radius 1 is 1.15 bits per heavy atom. The van der Waals surface area contributed by atoms with Crippen LogP contribution in [0.4, 0.5) is 5.82 Å². The van der Waals surface area contributed by atoms with Gasteiger partial charge in [-0.05, 0) is 32.8 Å². The zero-order chi connectivity index (χ0) is 13.9. The van der Waals surface area contributed by atoms with Crippen LogP contribution in [0.3, 0.4) is 0 Å². The molecule has 1 fully saturated rings. The molecule has 0 spiro atoms. The Balaban J connectivity index is 1.80. The average Bonchev–Trinajstić information content (AvgIpc) is 2.79. The van der Waals surface area contributed by atoms with Gasteiger partial charge >= 0.3 is 0 Å². The highest BCUT2D eigenvalue weighted by atomic mass is 15.3. The summed E-state index contributed by atoms with van der Waals surface area (Å²) in [5.74, 6) is 1.62. The molecule has 2 aromatic rings. The van der Waals surface area contributed by atoms with Crippen LogP contribution in [0.15, 0.2) is 18.5 Å². The molecule has 5 heteroatoms. The van der Waals surface area contributed by atoms with Gasteiger partial charge in [-0.3, -0.25) is 4.98 Å². The Labute approximate surface area is 119 Å². The van der Waals surface area contributed by atoms with Crippen LogP contribution in [0.2, 0.25) is 0 Å². The minimum atomic E-state index is 0.536. The first-order valence-electron chi connectivity index (χ1n) is 7.34.